The van der Waals surface area contributed by atoms with Crippen LogP contribution in [0.15, 0.2) is 54.7 Å². The molecule has 4 aromatic heterocycles. The monoisotopic (exact) mass is 595 g/mol. The summed E-state index contributed by atoms with van der Waals surface area (Å²) in [6.07, 6.45) is 1.89. The number of ether oxygens (including phenoxy) is 2. The van der Waals surface area contributed by atoms with Gasteiger partial charge < -0.3 is 19.1 Å². The number of hydrogen-bond acceptors (Lipinski definition) is 7. The first-order chi connectivity index (χ1) is 20.2. The second-order valence-corrected chi connectivity index (χ2v) is 10.0. The molecule has 6 rings (SSSR count). The van der Waals surface area contributed by atoms with Crippen molar-refractivity contribution in [3.05, 3.63) is 100.0 Å². The Morgan fingerprint density at radius 1 is 1.07 bits per heavy atom. The number of aromatic carboxylic acids is 1. The molecule has 0 amide bonds. The van der Waals surface area contributed by atoms with Gasteiger partial charge in [0.25, 0.3) is 0 Å². The number of benzene rings is 1. The molecule has 5 heterocycles. The minimum atomic E-state index is -1.19. The lowest BCUT2D eigenvalue weighted by Crippen LogP contribution is -2.32. The van der Waals surface area contributed by atoms with Gasteiger partial charge in [-0.2, -0.15) is 0 Å². The number of fused-ring (bicyclic) bond motifs is 1. The van der Waals surface area contributed by atoms with Crippen molar-refractivity contribution >= 4 is 28.7 Å². The number of nitrogens with zero attached hydrogens (tertiary/aromatic N) is 5. The Morgan fingerprint density at radius 2 is 1.90 bits per heavy atom. The van der Waals surface area contributed by atoms with Gasteiger partial charge in [-0.25, -0.2) is 32.9 Å². The minimum Gasteiger partial charge on any atom is -0.477 e. The highest BCUT2D eigenvalue weighted by molar-refractivity contribution is 6.30. The maximum Gasteiger partial charge on any atom is 0.354 e. The number of pyridine rings is 3. The van der Waals surface area contributed by atoms with Crippen molar-refractivity contribution in [2.24, 2.45) is 0 Å². The predicted octanol–water partition coefficient (Wildman–Crippen LogP) is 5.62. The fourth-order valence-corrected chi connectivity index (χ4v) is 4.70. The first kappa shape index (κ1) is 27.6. The van der Waals surface area contributed by atoms with Gasteiger partial charge in [0.1, 0.15) is 41.1 Å². The normalized spacial score (nSPS) is 14.6. The Balaban J connectivity index is 1.27. The van der Waals surface area contributed by atoms with Crippen LogP contribution >= 0.6 is 11.6 Å². The maximum atomic E-state index is 15.4. The Labute approximate surface area is 241 Å². The molecule has 0 bridgehead atoms. The van der Waals surface area contributed by atoms with E-state index in [1.165, 1.54) is 30.5 Å². The molecular weight excluding hydrogens is 575 g/mol. The van der Waals surface area contributed by atoms with Crippen LogP contribution in [0.1, 0.15) is 34.0 Å². The van der Waals surface area contributed by atoms with E-state index in [1.54, 1.807) is 10.6 Å². The summed E-state index contributed by atoms with van der Waals surface area (Å²) in [4.78, 5) is 28.4. The number of imidazole rings is 1. The molecule has 9 nitrogen and oxygen atoms in total. The van der Waals surface area contributed by atoms with Crippen molar-refractivity contribution in [2.45, 2.75) is 32.1 Å². The molecular formula is C29H21ClF3N5O4. The van der Waals surface area contributed by atoms with Crippen molar-refractivity contribution in [3.63, 3.8) is 0 Å². The van der Waals surface area contributed by atoms with Crippen molar-refractivity contribution in [1.29, 1.82) is 0 Å². The molecule has 0 saturated carbocycles. The van der Waals surface area contributed by atoms with E-state index < -0.39 is 23.4 Å². The lowest BCUT2D eigenvalue weighted by molar-refractivity contribution is -0.0590. The van der Waals surface area contributed by atoms with E-state index in [9.17, 15) is 14.3 Å². The quantitative estimate of drug-likeness (QED) is 0.234. The summed E-state index contributed by atoms with van der Waals surface area (Å²) in [5, 5.41) is 9.52. The van der Waals surface area contributed by atoms with E-state index in [2.05, 4.69) is 19.9 Å². The van der Waals surface area contributed by atoms with Gasteiger partial charge in [-0.15, -0.1) is 0 Å². The molecule has 42 heavy (non-hydrogen) atoms. The highest BCUT2D eigenvalue weighted by atomic mass is 35.5. The van der Waals surface area contributed by atoms with Crippen LogP contribution in [0, 0.1) is 17.5 Å². The van der Waals surface area contributed by atoms with Gasteiger partial charge in [0, 0.05) is 30.9 Å². The molecule has 0 spiro atoms. The minimum absolute atomic E-state index is 0.0115. The van der Waals surface area contributed by atoms with Gasteiger partial charge in [0.2, 0.25) is 5.88 Å². The molecule has 1 aliphatic rings. The molecule has 1 unspecified atom stereocenters. The Hall–Kier alpha value is -4.55. The summed E-state index contributed by atoms with van der Waals surface area (Å²) in [7, 11) is 0. The van der Waals surface area contributed by atoms with E-state index in [1.807, 2.05) is 0 Å². The zero-order valence-corrected chi connectivity index (χ0v) is 22.5. The van der Waals surface area contributed by atoms with E-state index >= 15 is 8.78 Å². The molecule has 1 N–H and O–H groups in total. The third-order valence-corrected chi connectivity index (χ3v) is 7.00. The van der Waals surface area contributed by atoms with Gasteiger partial charge in [0.15, 0.2) is 11.3 Å². The highest BCUT2D eigenvalue weighted by Crippen LogP contribution is 2.28. The average molecular weight is 596 g/mol. The second-order valence-electron chi connectivity index (χ2n) is 9.60. The molecule has 1 fully saturated rings. The third-order valence-electron chi connectivity index (χ3n) is 6.79. The summed E-state index contributed by atoms with van der Waals surface area (Å²) >= 11 is 5.72. The van der Waals surface area contributed by atoms with Gasteiger partial charge in [-0.1, -0.05) is 17.7 Å². The number of carbonyl (C=O) groups is 1. The van der Waals surface area contributed by atoms with E-state index in [0.29, 0.717) is 30.1 Å². The van der Waals surface area contributed by atoms with Crippen LogP contribution in [0.4, 0.5) is 13.2 Å². The van der Waals surface area contributed by atoms with E-state index in [0.717, 1.165) is 24.6 Å². The van der Waals surface area contributed by atoms with Crippen molar-refractivity contribution < 1.29 is 32.5 Å². The van der Waals surface area contributed by atoms with Crippen LogP contribution in [0.3, 0.4) is 0 Å². The number of halogens is 4. The van der Waals surface area contributed by atoms with Crippen molar-refractivity contribution in [3.8, 4) is 17.1 Å². The number of carboxylic acids is 1. The lowest BCUT2D eigenvalue weighted by atomic mass is 10.0. The van der Waals surface area contributed by atoms with Gasteiger partial charge in [0.05, 0.1) is 23.4 Å². The van der Waals surface area contributed by atoms with Crippen LogP contribution < -0.4 is 4.74 Å². The molecule has 1 aromatic carbocycles. The molecule has 1 atom stereocenters. The van der Waals surface area contributed by atoms with Gasteiger partial charge in [-0.05, 0) is 48.4 Å². The predicted molar refractivity (Wildman–Crippen MR) is 145 cm³/mol. The molecule has 1 aliphatic heterocycles. The van der Waals surface area contributed by atoms with E-state index in [4.69, 9.17) is 21.1 Å². The van der Waals surface area contributed by atoms with E-state index in [-0.39, 0.29) is 58.2 Å². The first-order valence-electron chi connectivity index (χ1n) is 12.8. The number of aromatic nitrogens is 5. The summed E-state index contributed by atoms with van der Waals surface area (Å²) < 4.78 is 57.5. The molecule has 0 radical (unpaired) electrons. The standard InChI is InChI=1S/C29H21ClF3N5O4/c30-16-10-21(33)25(34-12-16)14-42-27-3-1-2-22(36-27)18-11-19(31)15(8-20(18)32)9-26-35-23-4-5-24(29(39)40)37-28(23)38(26)13-17-6-7-41-17/h1-5,8,10-12,17H,6-7,9,13-14H2,(H,39,40). The summed E-state index contributed by atoms with van der Waals surface area (Å²) in [5.41, 5.74) is 0.671. The number of rotatable bonds is 9. The van der Waals surface area contributed by atoms with Crippen LogP contribution in [-0.2, 0) is 24.3 Å². The van der Waals surface area contributed by atoms with Crippen molar-refractivity contribution in [2.75, 3.05) is 6.61 Å². The molecule has 5 aromatic rings. The van der Waals surface area contributed by atoms with Crippen LogP contribution in [0.5, 0.6) is 5.88 Å². The highest BCUT2D eigenvalue weighted by Gasteiger charge is 2.24. The molecule has 0 aliphatic carbocycles. The average Bonchev–Trinajstić information content (AvgIpc) is 3.28. The van der Waals surface area contributed by atoms with Crippen LogP contribution in [0.2, 0.25) is 5.02 Å². The Morgan fingerprint density at radius 3 is 2.64 bits per heavy atom. The fourth-order valence-electron chi connectivity index (χ4n) is 4.55. The Kier molecular flexibility index (Phi) is 7.48. The number of carboxylic acid groups (broad SMARTS) is 1. The lowest BCUT2D eigenvalue weighted by Gasteiger charge is -2.27. The molecule has 214 valence electrons. The molecule has 1 saturated heterocycles. The summed E-state index contributed by atoms with van der Waals surface area (Å²) in [5.74, 6) is -2.80. The molecule has 13 heteroatoms. The zero-order chi connectivity index (χ0) is 29.4. The maximum absolute atomic E-state index is 15.4. The summed E-state index contributed by atoms with van der Waals surface area (Å²) in [6, 6.07) is 10.6. The smallest absolute Gasteiger partial charge is 0.354 e. The topological polar surface area (TPSA) is 112 Å². The van der Waals surface area contributed by atoms with Gasteiger partial charge >= 0.3 is 5.97 Å². The van der Waals surface area contributed by atoms with Gasteiger partial charge in [-0.3, -0.25) is 4.98 Å². The summed E-state index contributed by atoms with van der Waals surface area (Å²) in [6.45, 7) is 0.706. The first-order valence-corrected chi connectivity index (χ1v) is 13.2. The zero-order valence-electron chi connectivity index (χ0n) is 21.7. The van der Waals surface area contributed by atoms with Crippen molar-refractivity contribution in [1.82, 2.24) is 24.5 Å². The van der Waals surface area contributed by atoms with Crippen LogP contribution in [0.25, 0.3) is 22.4 Å². The fraction of sp³-hybridized carbons (Fsp3) is 0.207. The third kappa shape index (κ3) is 5.63. The number of hydrogen-bond donors (Lipinski definition) is 1. The largest absolute Gasteiger partial charge is 0.477 e. The Bertz CT molecular complexity index is 1830. The second kappa shape index (κ2) is 11.4. The SMILES string of the molecule is O=C(O)c1ccc2nc(Cc3cc(F)c(-c4cccc(OCc5ncc(Cl)cc5F)n4)cc3F)n(CC3CCO3)c2n1. The van der Waals surface area contributed by atoms with Crippen LogP contribution in [-0.4, -0.2) is 48.3 Å².